The first-order chi connectivity index (χ1) is 15.3. The third kappa shape index (κ3) is 4.09. The highest BCUT2D eigenvalue weighted by atomic mass is 32.2. The van der Waals surface area contributed by atoms with Crippen LogP contribution >= 0.6 is 11.8 Å². The number of thioether (sulfide) groups is 1. The van der Waals surface area contributed by atoms with E-state index in [1.165, 1.54) is 0 Å². The predicted molar refractivity (Wildman–Crippen MR) is 124 cm³/mol. The van der Waals surface area contributed by atoms with Crippen molar-refractivity contribution < 1.29 is 9.47 Å². The summed E-state index contributed by atoms with van der Waals surface area (Å²) in [7, 11) is 1.65. The summed E-state index contributed by atoms with van der Waals surface area (Å²) in [5.41, 5.74) is 4.11. The average Bonchev–Trinajstić information content (AvgIpc) is 3.39. The Morgan fingerprint density at radius 2 is 1.61 bits per heavy atom. The van der Waals surface area contributed by atoms with Gasteiger partial charge in [-0.05, 0) is 36.4 Å². The molecule has 5 rings (SSSR count). The summed E-state index contributed by atoms with van der Waals surface area (Å²) in [6.45, 7) is 1.19. The Hall–Kier alpha value is -3.45. The molecule has 3 aromatic carbocycles. The molecule has 2 aromatic heterocycles. The van der Waals surface area contributed by atoms with Gasteiger partial charge in [0.25, 0.3) is 0 Å². The van der Waals surface area contributed by atoms with E-state index in [1.807, 2.05) is 66.7 Å². The summed E-state index contributed by atoms with van der Waals surface area (Å²) in [4.78, 5) is 12.9. The second-order valence-electron chi connectivity index (χ2n) is 7.02. The molecule has 0 amide bonds. The maximum atomic E-state index is 6.01. The van der Waals surface area contributed by atoms with Crippen LogP contribution < -0.4 is 9.47 Å². The lowest BCUT2D eigenvalue weighted by Gasteiger charge is -2.12. The predicted octanol–water partition coefficient (Wildman–Crippen LogP) is 5.29. The number of aromatic nitrogens is 4. The van der Waals surface area contributed by atoms with Gasteiger partial charge in [0, 0.05) is 0 Å². The zero-order valence-electron chi connectivity index (χ0n) is 17.1. The van der Waals surface area contributed by atoms with Crippen LogP contribution in [0.4, 0.5) is 0 Å². The highest BCUT2D eigenvalue weighted by Crippen LogP contribution is 2.28. The number of fused-ring (bicyclic) bond motifs is 2. The van der Waals surface area contributed by atoms with Gasteiger partial charge < -0.3 is 19.0 Å². The Morgan fingerprint density at radius 1 is 0.871 bits per heavy atom. The highest BCUT2D eigenvalue weighted by Gasteiger charge is 2.13. The molecule has 0 aliphatic heterocycles. The van der Waals surface area contributed by atoms with Gasteiger partial charge in [0.2, 0.25) is 0 Å². The molecule has 0 fully saturated rings. The van der Waals surface area contributed by atoms with Gasteiger partial charge in [-0.15, -0.1) is 0 Å². The van der Waals surface area contributed by atoms with Crippen LogP contribution in [-0.4, -0.2) is 33.2 Å². The first-order valence-electron chi connectivity index (χ1n) is 10.1. The number of H-pyrrole nitrogens is 1. The molecular weight excluding hydrogens is 408 g/mol. The Labute approximate surface area is 184 Å². The van der Waals surface area contributed by atoms with Crippen LogP contribution in [-0.2, 0) is 12.3 Å². The summed E-state index contributed by atoms with van der Waals surface area (Å²) in [5.74, 6) is 3.13. The molecule has 0 aliphatic carbocycles. The van der Waals surface area contributed by atoms with Crippen LogP contribution in [0.5, 0.6) is 11.5 Å². The number of ether oxygens (including phenoxy) is 2. The molecule has 5 aromatic rings. The SMILES string of the molecule is COc1ccccc1OCCn1c(SCc2nc3ccccc3[nH]2)nc2ccccc21. The summed E-state index contributed by atoms with van der Waals surface area (Å²) in [6.07, 6.45) is 0. The molecule has 0 atom stereocenters. The van der Waals surface area contributed by atoms with Gasteiger partial charge in [0.05, 0.1) is 41.5 Å². The number of rotatable bonds is 8. The number of methoxy groups -OCH3 is 1. The number of aromatic amines is 1. The maximum absolute atomic E-state index is 6.01. The number of para-hydroxylation sites is 6. The van der Waals surface area contributed by atoms with Crippen molar-refractivity contribution >= 4 is 33.8 Å². The molecule has 0 radical (unpaired) electrons. The lowest BCUT2D eigenvalue weighted by molar-refractivity contribution is 0.278. The number of nitrogens with one attached hydrogen (secondary N) is 1. The van der Waals surface area contributed by atoms with Crippen molar-refractivity contribution in [3.8, 4) is 11.5 Å². The Bertz CT molecular complexity index is 1290. The topological polar surface area (TPSA) is 65.0 Å². The number of imidazole rings is 2. The van der Waals surface area contributed by atoms with Crippen molar-refractivity contribution in [1.82, 2.24) is 19.5 Å². The lowest BCUT2D eigenvalue weighted by Crippen LogP contribution is -2.09. The van der Waals surface area contributed by atoms with Gasteiger partial charge >= 0.3 is 0 Å². The van der Waals surface area contributed by atoms with Crippen LogP contribution in [0.3, 0.4) is 0 Å². The third-order valence-electron chi connectivity index (χ3n) is 5.04. The van der Waals surface area contributed by atoms with Gasteiger partial charge in [-0.25, -0.2) is 9.97 Å². The van der Waals surface area contributed by atoms with Crippen LogP contribution in [0.2, 0.25) is 0 Å². The average molecular weight is 431 g/mol. The summed E-state index contributed by atoms with van der Waals surface area (Å²) >= 11 is 1.67. The maximum Gasteiger partial charge on any atom is 0.169 e. The van der Waals surface area contributed by atoms with E-state index in [-0.39, 0.29) is 0 Å². The minimum atomic E-state index is 0.513. The highest BCUT2D eigenvalue weighted by molar-refractivity contribution is 7.98. The molecule has 6 nitrogen and oxygen atoms in total. The van der Waals surface area contributed by atoms with Gasteiger partial charge in [-0.3, -0.25) is 0 Å². The molecule has 0 bridgehead atoms. The van der Waals surface area contributed by atoms with Gasteiger partial charge in [0.1, 0.15) is 12.4 Å². The van der Waals surface area contributed by atoms with Crippen molar-refractivity contribution in [1.29, 1.82) is 0 Å². The summed E-state index contributed by atoms with van der Waals surface area (Å²) < 4.78 is 13.6. The Kier molecular flexibility index (Phi) is 5.50. The summed E-state index contributed by atoms with van der Waals surface area (Å²) in [5, 5.41) is 0.949. The number of benzene rings is 3. The van der Waals surface area contributed by atoms with E-state index in [9.17, 15) is 0 Å². The van der Waals surface area contributed by atoms with Crippen molar-refractivity contribution in [2.24, 2.45) is 0 Å². The van der Waals surface area contributed by atoms with Crippen LogP contribution in [0.25, 0.3) is 22.1 Å². The quantitative estimate of drug-likeness (QED) is 0.339. The van der Waals surface area contributed by atoms with E-state index in [2.05, 4.69) is 20.6 Å². The second kappa shape index (κ2) is 8.73. The van der Waals surface area contributed by atoms with Gasteiger partial charge in [-0.1, -0.05) is 48.2 Å². The number of hydrogen-bond acceptors (Lipinski definition) is 5. The van der Waals surface area contributed by atoms with Crippen LogP contribution in [0.1, 0.15) is 5.82 Å². The molecule has 0 unspecified atom stereocenters. The molecule has 0 aliphatic rings. The van der Waals surface area contributed by atoms with E-state index in [1.54, 1.807) is 18.9 Å². The molecule has 1 N–H and O–H groups in total. The van der Waals surface area contributed by atoms with Crippen LogP contribution in [0, 0.1) is 0 Å². The lowest BCUT2D eigenvalue weighted by atomic mass is 10.3. The zero-order valence-corrected chi connectivity index (χ0v) is 17.9. The first kappa shape index (κ1) is 19.5. The fourth-order valence-corrected chi connectivity index (χ4v) is 4.48. The molecule has 0 saturated heterocycles. The Balaban J connectivity index is 1.35. The normalized spacial score (nSPS) is 11.3. The van der Waals surface area contributed by atoms with Crippen molar-refractivity contribution in [3.05, 3.63) is 78.6 Å². The standard InChI is InChI=1S/C24H22N4O2S/c1-29-21-12-6-7-13-22(21)30-15-14-28-20-11-5-4-10-19(20)27-24(28)31-16-23-25-17-8-2-3-9-18(17)26-23/h2-13H,14-16H2,1H3,(H,25,26). The molecule has 2 heterocycles. The van der Waals surface area contributed by atoms with Crippen molar-refractivity contribution in [2.75, 3.05) is 13.7 Å². The van der Waals surface area contributed by atoms with Crippen LogP contribution in [0.15, 0.2) is 78.0 Å². The summed E-state index contributed by atoms with van der Waals surface area (Å²) in [6, 6.07) is 24.0. The van der Waals surface area contributed by atoms with E-state index in [0.29, 0.717) is 18.9 Å². The minimum absolute atomic E-state index is 0.513. The Morgan fingerprint density at radius 3 is 2.45 bits per heavy atom. The fraction of sp³-hybridized carbons (Fsp3) is 0.167. The molecular formula is C24H22N4O2S. The van der Waals surface area contributed by atoms with Crippen molar-refractivity contribution in [2.45, 2.75) is 17.5 Å². The smallest absolute Gasteiger partial charge is 0.169 e. The molecule has 7 heteroatoms. The first-order valence-corrected chi connectivity index (χ1v) is 11.1. The van der Waals surface area contributed by atoms with Crippen molar-refractivity contribution in [3.63, 3.8) is 0 Å². The minimum Gasteiger partial charge on any atom is -0.493 e. The largest absolute Gasteiger partial charge is 0.493 e. The number of nitrogens with zero attached hydrogens (tertiary/aromatic N) is 3. The molecule has 0 spiro atoms. The monoisotopic (exact) mass is 430 g/mol. The zero-order chi connectivity index (χ0) is 21.0. The molecule has 0 saturated carbocycles. The van der Waals surface area contributed by atoms with E-state index in [4.69, 9.17) is 14.5 Å². The molecule has 31 heavy (non-hydrogen) atoms. The van der Waals surface area contributed by atoms with Gasteiger partial charge in [0.15, 0.2) is 16.7 Å². The second-order valence-corrected chi connectivity index (χ2v) is 7.97. The number of hydrogen-bond donors (Lipinski definition) is 1. The van der Waals surface area contributed by atoms with Gasteiger partial charge in [-0.2, -0.15) is 0 Å². The van der Waals surface area contributed by atoms with E-state index >= 15 is 0 Å². The van der Waals surface area contributed by atoms with E-state index < -0.39 is 0 Å². The molecule has 156 valence electrons. The van der Waals surface area contributed by atoms with E-state index in [0.717, 1.165) is 44.5 Å². The third-order valence-corrected chi connectivity index (χ3v) is 6.03. The fourth-order valence-electron chi connectivity index (χ4n) is 3.57.